The van der Waals surface area contributed by atoms with Gasteiger partial charge < -0.3 is 15.2 Å². The van der Waals surface area contributed by atoms with Gasteiger partial charge in [-0.1, -0.05) is 26.0 Å². The summed E-state index contributed by atoms with van der Waals surface area (Å²) in [5.41, 5.74) is 7.65. The molecule has 1 fully saturated rings. The van der Waals surface area contributed by atoms with Crippen LogP contribution in [0.5, 0.6) is 11.5 Å². The lowest BCUT2D eigenvalue weighted by Crippen LogP contribution is -2.52. The van der Waals surface area contributed by atoms with E-state index in [0.717, 1.165) is 37.6 Å². The van der Waals surface area contributed by atoms with Crippen LogP contribution in [0, 0.1) is 5.41 Å². The molecule has 2 aromatic rings. The maximum absolute atomic E-state index is 6.24. The molecule has 0 spiro atoms. The predicted molar refractivity (Wildman–Crippen MR) is 103 cm³/mol. The van der Waals surface area contributed by atoms with E-state index in [1.165, 1.54) is 10.4 Å². The molecule has 136 valence electrons. The number of thiophene rings is 1. The lowest BCUT2D eigenvalue weighted by molar-refractivity contribution is 0.0898. The number of hydrogen-bond acceptors (Lipinski definition) is 5. The number of benzene rings is 1. The molecule has 0 bridgehead atoms. The summed E-state index contributed by atoms with van der Waals surface area (Å²) in [5, 5.41) is 2.06. The number of ether oxygens (including phenoxy) is 2. The molecule has 2 heterocycles. The van der Waals surface area contributed by atoms with Crippen molar-refractivity contribution in [3.63, 3.8) is 0 Å². The first-order valence-corrected chi connectivity index (χ1v) is 9.66. The smallest absolute Gasteiger partial charge is 0.161 e. The van der Waals surface area contributed by atoms with Crippen LogP contribution in [-0.2, 0) is 13.2 Å². The summed E-state index contributed by atoms with van der Waals surface area (Å²) in [4.78, 5) is 3.68. The molecule has 25 heavy (non-hydrogen) atoms. The van der Waals surface area contributed by atoms with Crippen LogP contribution in [0.25, 0.3) is 0 Å². The molecule has 2 N–H and O–H groups in total. The SMILES string of the molecule is COc1cc(CN2CCC(N)C(C)(C)C2)ccc1OCc1cccs1. The number of methoxy groups -OCH3 is 1. The maximum Gasteiger partial charge on any atom is 0.161 e. The summed E-state index contributed by atoms with van der Waals surface area (Å²) in [6.07, 6.45) is 1.05. The topological polar surface area (TPSA) is 47.7 Å². The minimum absolute atomic E-state index is 0.159. The third-order valence-corrected chi connectivity index (χ3v) is 5.83. The van der Waals surface area contributed by atoms with Crippen molar-refractivity contribution in [2.45, 2.75) is 39.5 Å². The van der Waals surface area contributed by atoms with Gasteiger partial charge in [-0.25, -0.2) is 0 Å². The molecule has 3 rings (SSSR count). The highest BCUT2D eigenvalue weighted by Gasteiger charge is 2.33. The van der Waals surface area contributed by atoms with Crippen molar-refractivity contribution in [2.75, 3.05) is 20.2 Å². The van der Waals surface area contributed by atoms with Crippen LogP contribution >= 0.6 is 11.3 Å². The molecule has 1 unspecified atom stereocenters. The van der Waals surface area contributed by atoms with E-state index in [9.17, 15) is 0 Å². The van der Waals surface area contributed by atoms with Gasteiger partial charge in [-0.3, -0.25) is 4.90 Å². The zero-order valence-corrected chi connectivity index (χ0v) is 16.1. The molecule has 1 aliphatic heterocycles. The molecule has 4 nitrogen and oxygen atoms in total. The summed E-state index contributed by atoms with van der Waals surface area (Å²) in [7, 11) is 1.69. The van der Waals surface area contributed by atoms with Gasteiger partial charge in [0.25, 0.3) is 0 Å². The van der Waals surface area contributed by atoms with Gasteiger partial charge in [0.2, 0.25) is 0 Å². The summed E-state index contributed by atoms with van der Waals surface area (Å²) >= 11 is 1.70. The van der Waals surface area contributed by atoms with Crippen LogP contribution in [0.2, 0.25) is 0 Å². The van der Waals surface area contributed by atoms with Crippen molar-refractivity contribution < 1.29 is 9.47 Å². The molecule has 1 saturated heterocycles. The highest BCUT2D eigenvalue weighted by molar-refractivity contribution is 7.09. The zero-order valence-electron chi connectivity index (χ0n) is 15.3. The van der Waals surface area contributed by atoms with E-state index in [-0.39, 0.29) is 11.5 Å². The van der Waals surface area contributed by atoms with E-state index in [2.05, 4.69) is 42.3 Å². The molecule has 1 atom stereocenters. The Morgan fingerprint density at radius 2 is 2.12 bits per heavy atom. The number of rotatable bonds is 6. The molecular weight excluding hydrogens is 332 g/mol. The van der Waals surface area contributed by atoms with E-state index in [0.29, 0.717) is 6.61 Å². The molecular formula is C20H28N2O2S. The van der Waals surface area contributed by atoms with Gasteiger partial charge in [-0.15, -0.1) is 11.3 Å². The summed E-state index contributed by atoms with van der Waals surface area (Å²) < 4.78 is 11.5. The largest absolute Gasteiger partial charge is 0.493 e. The molecule has 5 heteroatoms. The van der Waals surface area contributed by atoms with E-state index in [1.54, 1.807) is 18.4 Å². The molecule has 1 aliphatic rings. The fourth-order valence-corrected chi connectivity index (χ4v) is 3.97. The minimum Gasteiger partial charge on any atom is -0.493 e. The average molecular weight is 361 g/mol. The van der Waals surface area contributed by atoms with Crippen molar-refractivity contribution in [1.82, 2.24) is 4.90 Å². The third kappa shape index (κ3) is 4.54. The number of nitrogens with zero attached hydrogens (tertiary/aromatic N) is 1. The molecule has 1 aromatic carbocycles. The van der Waals surface area contributed by atoms with Crippen molar-refractivity contribution in [1.29, 1.82) is 0 Å². The Hall–Kier alpha value is -1.56. The number of hydrogen-bond donors (Lipinski definition) is 1. The summed E-state index contributed by atoms with van der Waals surface area (Å²) in [6.45, 7) is 8.07. The predicted octanol–water partition coefficient (Wildman–Crippen LogP) is 3.89. The van der Waals surface area contributed by atoms with Crippen LogP contribution < -0.4 is 15.2 Å². The van der Waals surface area contributed by atoms with Gasteiger partial charge in [0, 0.05) is 30.6 Å². The van der Waals surface area contributed by atoms with Crippen molar-refractivity contribution in [2.24, 2.45) is 11.1 Å². The van der Waals surface area contributed by atoms with Crippen molar-refractivity contribution in [3.05, 3.63) is 46.2 Å². The van der Waals surface area contributed by atoms with Crippen LogP contribution in [-0.4, -0.2) is 31.1 Å². The third-order valence-electron chi connectivity index (χ3n) is 4.98. The maximum atomic E-state index is 6.24. The van der Waals surface area contributed by atoms with Gasteiger partial charge in [0.15, 0.2) is 11.5 Å². The molecule has 0 saturated carbocycles. The summed E-state index contributed by atoms with van der Waals surface area (Å²) in [5.74, 6) is 1.59. The number of nitrogens with two attached hydrogens (primary N) is 1. The van der Waals surface area contributed by atoms with Crippen LogP contribution in [0.4, 0.5) is 0 Å². The van der Waals surface area contributed by atoms with Gasteiger partial charge in [-0.2, -0.15) is 0 Å². The van der Waals surface area contributed by atoms with Gasteiger partial charge in [0.05, 0.1) is 7.11 Å². The number of piperidine rings is 1. The van der Waals surface area contributed by atoms with E-state index < -0.39 is 0 Å². The van der Waals surface area contributed by atoms with E-state index in [1.807, 2.05) is 12.1 Å². The van der Waals surface area contributed by atoms with Crippen LogP contribution in [0.1, 0.15) is 30.7 Å². The summed E-state index contributed by atoms with van der Waals surface area (Å²) in [6, 6.07) is 10.6. The standard InChI is InChI=1S/C20H28N2O2S/c1-20(2)14-22(9-8-19(20)21)12-15-6-7-17(18(11-15)23-3)24-13-16-5-4-10-25-16/h4-7,10-11,19H,8-9,12-14,21H2,1-3H3. The zero-order chi connectivity index (χ0) is 17.9. The van der Waals surface area contributed by atoms with E-state index >= 15 is 0 Å². The Balaban J connectivity index is 1.65. The first kappa shape index (κ1) is 18.2. The van der Waals surface area contributed by atoms with Gasteiger partial charge >= 0.3 is 0 Å². The Morgan fingerprint density at radius 3 is 2.80 bits per heavy atom. The molecule has 0 radical (unpaired) electrons. The first-order chi connectivity index (χ1) is 12.0. The fourth-order valence-electron chi connectivity index (χ4n) is 3.35. The van der Waals surface area contributed by atoms with Gasteiger partial charge in [0.1, 0.15) is 6.61 Å². The fraction of sp³-hybridized carbons (Fsp3) is 0.500. The molecule has 1 aromatic heterocycles. The molecule has 0 aliphatic carbocycles. The Labute approximate surface area is 154 Å². The quantitative estimate of drug-likeness (QED) is 0.849. The van der Waals surface area contributed by atoms with Gasteiger partial charge in [-0.05, 0) is 41.0 Å². The average Bonchev–Trinajstić information content (AvgIpc) is 3.10. The second-order valence-corrected chi connectivity index (χ2v) is 8.48. The highest BCUT2D eigenvalue weighted by atomic mass is 32.1. The highest BCUT2D eigenvalue weighted by Crippen LogP contribution is 2.32. The van der Waals surface area contributed by atoms with Crippen molar-refractivity contribution >= 4 is 11.3 Å². The number of likely N-dealkylation sites (tertiary alicyclic amines) is 1. The Morgan fingerprint density at radius 1 is 1.28 bits per heavy atom. The Kier molecular flexibility index (Phi) is 5.67. The van der Waals surface area contributed by atoms with Crippen LogP contribution in [0.15, 0.2) is 35.7 Å². The van der Waals surface area contributed by atoms with E-state index in [4.69, 9.17) is 15.2 Å². The van der Waals surface area contributed by atoms with Crippen molar-refractivity contribution in [3.8, 4) is 11.5 Å². The first-order valence-electron chi connectivity index (χ1n) is 8.78. The lowest BCUT2D eigenvalue weighted by atomic mass is 9.79. The normalized spacial score (nSPS) is 20.4. The minimum atomic E-state index is 0.159. The second-order valence-electron chi connectivity index (χ2n) is 7.45. The molecule has 0 amide bonds. The van der Waals surface area contributed by atoms with Crippen LogP contribution in [0.3, 0.4) is 0 Å². The second kappa shape index (κ2) is 7.77. The lowest BCUT2D eigenvalue weighted by Gasteiger charge is -2.42. The monoisotopic (exact) mass is 360 g/mol. The Bertz CT molecular complexity index is 685.